The van der Waals surface area contributed by atoms with Crippen LogP contribution >= 0.6 is 0 Å². The maximum absolute atomic E-state index is 8.70. The number of fused-ring (bicyclic) bond motifs is 1. The Bertz CT molecular complexity index is 590. The lowest BCUT2D eigenvalue weighted by Crippen LogP contribution is -2.05. The summed E-state index contributed by atoms with van der Waals surface area (Å²) >= 11 is 0. The number of hydrogen-bond acceptors (Lipinski definition) is 2. The minimum Gasteiger partial charge on any atom is -0.491 e. The SMILES string of the molecule is CC(C)Oc1ccc2c(c1)c(CCC#N)cn2C. The van der Waals surface area contributed by atoms with E-state index in [4.69, 9.17) is 10.00 Å². The fraction of sp³-hybridized carbons (Fsp3) is 0.400. The maximum atomic E-state index is 8.70. The molecule has 0 atom stereocenters. The lowest BCUT2D eigenvalue weighted by atomic mass is 10.1. The topological polar surface area (TPSA) is 37.9 Å². The minimum atomic E-state index is 0.175. The molecule has 0 aliphatic rings. The van der Waals surface area contributed by atoms with Crippen LogP contribution in [0.2, 0.25) is 0 Å². The first-order valence-corrected chi connectivity index (χ1v) is 6.23. The van der Waals surface area contributed by atoms with Gasteiger partial charge in [-0.3, -0.25) is 0 Å². The van der Waals surface area contributed by atoms with Crippen molar-refractivity contribution in [3.8, 4) is 11.8 Å². The van der Waals surface area contributed by atoms with E-state index < -0.39 is 0 Å². The van der Waals surface area contributed by atoms with Crippen LogP contribution in [0, 0.1) is 11.3 Å². The molecule has 1 aromatic carbocycles. The fourth-order valence-corrected chi connectivity index (χ4v) is 2.19. The predicted octanol–water partition coefficient (Wildman–Crippen LogP) is 3.42. The summed E-state index contributed by atoms with van der Waals surface area (Å²) in [6.07, 6.45) is 3.61. The van der Waals surface area contributed by atoms with E-state index in [2.05, 4.69) is 29.0 Å². The largest absolute Gasteiger partial charge is 0.491 e. The van der Waals surface area contributed by atoms with Crippen molar-refractivity contribution in [2.75, 3.05) is 0 Å². The molecule has 0 fully saturated rings. The van der Waals surface area contributed by atoms with Crippen LogP contribution in [-0.4, -0.2) is 10.7 Å². The van der Waals surface area contributed by atoms with Gasteiger partial charge in [-0.15, -0.1) is 0 Å². The highest BCUT2D eigenvalue weighted by molar-refractivity contribution is 5.85. The van der Waals surface area contributed by atoms with Crippen LogP contribution in [0.3, 0.4) is 0 Å². The molecule has 0 unspecified atom stereocenters. The quantitative estimate of drug-likeness (QED) is 0.823. The van der Waals surface area contributed by atoms with Crippen LogP contribution in [0.5, 0.6) is 5.75 Å². The van der Waals surface area contributed by atoms with Gasteiger partial charge in [0, 0.05) is 30.6 Å². The summed E-state index contributed by atoms with van der Waals surface area (Å²) in [6.45, 7) is 4.04. The summed E-state index contributed by atoms with van der Waals surface area (Å²) in [5.74, 6) is 0.891. The Morgan fingerprint density at radius 3 is 2.83 bits per heavy atom. The molecule has 0 amide bonds. The molecule has 0 bridgehead atoms. The van der Waals surface area contributed by atoms with Gasteiger partial charge in [0.2, 0.25) is 0 Å². The van der Waals surface area contributed by atoms with Gasteiger partial charge in [0.05, 0.1) is 12.2 Å². The highest BCUT2D eigenvalue weighted by Gasteiger charge is 2.08. The third-order valence-corrected chi connectivity index (χ3v) is 2.92. The third kappa shape index (κ3) is 2.48. The molecule has 1 aromatic heterocycles. The fourth-order valence-electron chi connectivity index (χ4n) is 2.19. The molecule has 0 saturated heterocycles. The molecule has 0 N–H and O–H groups in total. The number of benzene rings is 1. The predicted molar refractivity (Wildman–Crippen MR) is 72.6 cm³/mol. The van der Waals surface area contributed by atoms with Crippen molar-refractivity contribution < 1.29 is 4.74 Å². The molecular formula is C15H18N2O. The summed E-state index contributed by atoms with van der Waals surface area (Å²) in [5, 5.41) is 9.88. The molecule has 0 aliphatic heterocycles. The lowest BCUT2D eigenvalue weighted by molar-refractivity contribution is 0.243. The Morgan fingerprint density at radius 2 is 2.17 bits per heavy atom. The van der Waals surface area contributed by atoms with Gasteiger partial charge >= 0.3 is 0 Å². The highest BCUT2D eigenvalue weighted by atomic mass is 16.5. The first-order chi connectivity index (χ1) is 8.61. The van der Waals surface area contributed by atoms with E-state index >= 15 is 0 Å². The van der Waals surface area contributed by atoms with Crippen LogP contribution in [0.4, 0.5) is 0 Å². The maximum Gasteiger partial charge on any atom is 0.120 e. The van der Waals surface area contributed by atoms with Gasteiger partial charge < -0.3 is 9.30 Å². The lowest BCUT2D eigenvalue weighted by Gasteiger charge is -2.10. The van der Waals surface area contributed by atoms with Crippen molar-refractivity contribution in [3.63, 3.8) is 0 Å². The molecule has 0 aliphatic carbocycles. The second-order valence-electron chi connectivity index (χ2n) is 4.77. The first kappa shape index (κ1) is 12.5. The molecule has 0 spiro atoms. The second-order valence-corrected chi connectivity index (χ2v) is 4.77. The van der Waals surface area contributed by atoms with Gasteiger partial charge in [-0.25, -0.2) is 0 Å². The molecule has 18 heavy (non-hydrogen) atoms. The van der Waals surface area contributed by atoms with Crippen LogP contribution in [0.1, 0.15) is 25.8 Å². The molecule has 3 nitrogen and oxygen atoms in total. The molecule has 94 valence electrons. The van der Waals surface area contributed by atoms with E-state index in [9.17, 15) is 0 Å². The van der Waals surface area contributed by atoms with Gasteiger partial charge in [0.15, 0.2) is 0 Å². The van der Waals surface area contributed by atoms with Crippen molar-refractivity contribution in [2.45, 2.75) is 32.8 Å². The smallest absolute Gasteiger partial charge is 0.120 e. The normalized spacial score (nSPS) is 10.8. The van der Waals surface area contributed by atoms with Crippen LogP contribution in [0.15, 0.2) is 24.4 Å². The molecule has 0 radical (unpaired) electrons. The zero-order valence-electron chi connectivity index (χ0n) is 11.1. The Morgan fingerprint density at radius 1 is 1.39 bits per heavy atom. The van der Waals surface area contributed by atoms with Crippen molar-refractivity contribution in [1.82, 2.24) is 4.57 Å². The molecule has 0 saturated carbocycles. The first-order valence-electron chi connectivity index (χ1n) is 6.23. The van der Waals surface area contributed by atoms with E-state index in [-0.39, 0.29) is 6.10 Å². The van der Waals surface area contributed by atoms with Crippen LogP contribution in [0.25, 0.3) is 10.9 Å². The van der Waals surface area contributed by atoms with Gasteiger partial charge in [-0.05, 0) is 44.0 Å². The zero-order valence-corrected chi connectivity index (χ0v) is 11.1. The number of aryl methyl sites for hydroxylation is 2. The molecule has 1 heterocycles. The van der Waals surface area contributed by atoms with E-state index in [1.807, 2.05) is 27.0 Å². The average molecular weight is 242 g/mol. The molecular weight excluding hydrogens is 224 g/mol. The number of rotatable bonds is 4. The van der Waals surface area contributed by atoms with Crippen LogP contribution in [-0.2, 0) is 13.5 Å². The highest BCUT2D eigenvalue weighted by Crippen LogP contribution is 2.26. The van der Waals surface area contributed by atoms with Gasteiger partial charge in [0.1, 0.15) is 5.75 Å². The molecule has 3 heteroatoms. The molecule has 2 rings (SSSR count). The summed E-state index contributed by atoms with van der Waals surface area (Å²) in [4.78, 5) is 0. The summed E-state index contributed by atoms with van der Waals surface area (Å²) < 4.78 is 7.82. The molecule has 2 aromatic rings. The van der Waals surface area contributed by atoms with Crippen molar-refractivity contribution in [2.24, 2.45) is 7.05 Å². The van der Waals surface area contributed by atoms with Crippen molar-refractivity contribution in [1.29, 1.82) is 5.26 Å². The third-order valence-electron chi connectivity index (χ3n) is 2.92. The van der Waals surface area contributed by atoms with E-state index in [1.165, 1.54) is 16.5 Å². The number of aromatic nitrogens is 1. The summed E-state index contributed by atoms with van der Waals surface area (Å²) in [7, 11) is 2.03. The van der Waals surface area contributed by atoms with Crippen LogP contribution < -0.4 is 4.74 Å². The monoisotopic (exact) mass is 242 g/mol. The standard InChI is InChI=1S/C15H18N2O/c1-11(2)18-13-6-7-15-14(9-13)12(5-4-8-16)10-17(15)3/h6-7,9-11H,4-5H2,1-3H3. The number of ether oxygens (including phenoxy) is 1. The van der Waals surface area contributed by atoms with E-state index in [0.29, 0.717) is 6.42 Å². The Kier molecular flexibility index (Phi) is 3.57. The Hall–Kier alpha value is -1.95. The Balaban J connectivity index is 2.42. The van der Waals surface area contributed by atoms with Crippen molar-refractivity contribution in [3.05, 3.63) is 30.0 Å². The number of hydrogen-bond donors (Lipinski definition) is 0. The number of nitriles is 1. The summed E-state index contributed by atoms with van der Waals surface area (Å²) in [5.41, 5.74) is 2.39. The number of nitrogens with zero attached hydrogens (tertiary/aromatic N) is 2. The van der Waals surface area contributed by atoms with Gasteiger partial charge in [-0.2, -0.15) is 5.26 Å². The van der Waals surface area contributed by atoms with Gasteiger partial charge in [0.25, 0.3) is 0 Å². The second kappa shape index (κ2) is 5.14. The van der Waals surface area contributed by atoms with Gasteiger partial charge in [-0.1, -0.05) is 0 Å². The average Bonchev–Trinajstić information content (AvgIpc) is 2.62. The summed E-state index contributed by atoms with van der Waals surface area (Å²) in [6, 6.07) is 8.34. The van der Waals surface area contributed by atoms with E-state index in [1.54, 1.807) is 0 Å². The Labute approximate surface area is 108 Å². The minimum absolute atomic E-state index is 0.175. The zero-order chi connectivity index (χ0) is 13.1. The van der Waals surface area contributed by atoms with E-state index in [0.717, 1.165) is 12.2 Å². The van der Waals surface area contributed by atoms with Crippen molar-refractivity contribution >= 4 is 10.9 Å².